The normalized spacial score (nSPS) is 23.5. The molecule has 0 aromatic rings. The first-order valence-corrected chi connectivity index (χ1v) is 7.20. The lowest BCUT2D eigenvalue weighted by Crippen LogP contribution is -2.48. The molecule has 1 aliphatic rings. The molecule has 0 aromatic carbocycles. The van der Waals surface area contributed by atoms with Gasteiger partial charge in [0.2, 0.25) is 5.91 Å². The van der Waals surface area contributed by atoms with Crippen LogP contribution >= 0.6 is 12.2 Å². The molecule has 1 amide bonds. The van der Waals surface area contributed by atoms with Crippen molar-refractivity contribution in [1.29, 1.82) is 0 Å². The van der Waals surface area contributed by atoms with Gasteiger partial charge in [-0.3, -0.25) is 4.79 Å². The zero-order valence-electron chi connectivity index (χ0n) is 11.7. The molecule has 2 atom stereocenters. The summed E-state index contributed by atoms with van der Waals surface area (Å²) in [5, 5.41) is 0. The summed E-state index contributed by atoms with van der Waals surface area (Å²) in [5.74, 6) is -0.176. The van der Waals surface area contributed by atoms with E-state index in [4.69, 9.17) is 18.0 Å². The fraction of sp³-hybridized carbons (Fsp3) is 0.846. The van der Waals surface area contributed by atoms with Crippen LogP contribution in [0.5, 0.6) is 0 Å². The summed E-state index contributed by atoms with van der Waals surface area (Å²) in [6.45, 7) is 6.90. The first kappa shape index (κ1) is 15.4. The average Bonchev–Trinajstić information content (AvgIpc) is 2.50. The van der Waals surface area contributed by atoms with Gasteiger partial charge in [-0.1, -0.05) is 26.1 Å². The van der Waals surface area contributed by atoms with Crippen molar-refractivity contribution >= 4 is 23.1 Å². The number of thiocarbonyl (C=S) groups is 1. The molecule has 1 aliphatic heterocycles. The highest BCUT2D eigenvalue weighted by Crippen LogP contribution is 2.17. The molecule has 1 saturated heterocycles. The molecular weight excluding hydrogens is 246 g/mol. The predicted octanol–water partition coefficient (Wildman–Crippen LogP) is 1.24. The SMILES string of the molecule is CCC(C(=O)N1CCCN(C)CC1CC)C(N)=S. The van der Waals surface area contributed by atoms with E-state index in [9.17, 15) is 4.79 Å². The Morgan fingerprint density at radius 3 is 2.61 bits per heavy atom. The van der Waals surface area contributed by atoms with Gasteiger partial charge in [0.1, 0.15) is 0 Å². The Labute approximate surface area is 115 Å². The van der Waals surface area contributed by atoms with Crippen molar-refractivity contribution in [1.82, 2.24) is 9.80 Å². The maximum atomic E-state index is 12.5. The molecule has 2 unspecified atom stereocenters. The zero-order chi connectivity index (χ0) is 13.7. The Bertz CT molecular complexity index is 309. The van der Waals surface area contributed by atoms with E-state index in [1.165, 1.54) is 0 Å². The maximum Gasteiger partial charge on any atom is 0.232 e. The van der Waals surface area contributed by atoms with Crippen LogP contribution in [0.2, 0.25) is 0 Å². The standard InChI is InChI=1S/C13H25N3OS/c1-4-10-9-15(3)7-6-8-16(10)13(17)11(5-2)12(14)18/h10-11H,4-9H2,1-3H3,(H2,14,18). The Hall–Kier alpha value is -0.680. The maximum absolute atomic E-state index is 12.5. The number of hydrogen-bond acceptors (Lipinski definition) is 3. The van der Waals surface area contributed by atoms with E-state index < -0.39 is 0 Å². The van der Waals surface area contributed by atoms with Crippen molar-refractivity contribution in [2.75, 3.05) is 26.7 Å². The first-order valence-electron chi connectivity index (χ1n) is 6.79. The molecule has 0 aromatic heterocycles. The van der Waals surface area contributed by atoms with E-state index in [-0.39, 0.29) is 17.9 Å². The second-order valence-corrected chi connectivity index (χ2v) is 5.54. The van der Waals surface area contributed by atoms with Crippen LogP contribution in [0.1, 0.15) is 33.1 Å². The Balaban J connectivity index is 2.83. The van der Waals surface area contributed by atoms with E-state index in [2.05, 4.69) is 18.9 Å². The number of rotatable bonds is 4. The lowest BCUT2D eigenvalue weighted by atomic mass is 10.0. The minimum atomic E-state index is -0.294. The van der Waals surface area contributed by atoms with Crippen LogP contribution in [-0.2, 0) is 4.79 Å². The number of nitrogens with zero attached hydrogens (tertiary/aromatic N) is 2. The van der Waals surface area contributed by atoms with Crippen LogP contribution in [-0.4, -0.2) is 53.4 Å². The van der Waals surface area contributed by atoms with Gasteiger partial charge in [0.15, 0.2) is 0 Å². The number of carbonyl (C=O) groups excluding carboxylic acids is 1. The van der Waals surface area contributed by atoms with E-state index >= 15 is 0 Å². The predicted molar refractivity (Wildman–Crippen MR) is 78.5 cm³/mol. The average molecular weight is 271 g/mol. The second kappa shape index (κ2) is 7.04. The summed E-state index contributed by atoms with van der Waals surface area (Å²) in [6.07, 6.45) is 2.69. The highest BCUT2D eigenvalue weighted by atomic mass is 32.1. The van der Waals surface area contributed by atoms with Crippen LogP contribution in [0.3, 0.4) is 0 Å². The Kier molecular flexibility index (Phi) is 6.02. The van der Waals surface area contributed by atoms with Crippen molar-refractivity contribution in [3.8, 4) is 0 Å². The highest BCUT2D eigenvalue weighted by Gasteiger charge is 2.31. The van der Waals surface area contributed by atoms with Crippen LogP contribution in [0.25, 0.3) is 0 Å². The van der Waals surface area contributed by atoms with Gasteiger partial charge < -0.3 is 15.5 Å². The molecule has 0 radical (unpaired) electrons. The van der Waals surface area contributed by atoms with Gasteiger partial charge in [-0.15, -0.1) is 0 Å². The lowest BCUT2D eigenvalue weighted by Gasteiger charge is -2.32. The number of amides is 1. The molecule has 0 aliphatic carbocycles. The third-order valence-electron chi connectivity index (χ3n) is 3.71. The van der Waals surface area contributed by atoms with Crippen LogP contribution in [0.4, 0.5) is 0 Å². The Morgan fingerprint density at radius 1 is 1.44 bits per heavy atom. The van der Waals surface area contributed by atoms with Gasteiger partial charge in [0, 0.05) is 19.1 Å². The molecule has 1 fully saturated rings. The minimum absolute atomic E-state index is 0.118. The van der Waals surface area contributed by atoms with Gasteiger partial charge in [-0.2, -0.15) is 0 Å². The molecule has 0 bridgehead atoms. The summed E-state index contributed by atoms with van der Waals surface area (Å²) < 4.78 is 0. The van der Waals surface area contributed by atoms with Gasteiger partial charge in [0.05, 0.1) is 10.9 Å². The molecule has 0 spiro atoms. The van der Waals surface area contributed by atoms with E-state index in [1.54, 1.807) is 0 Å². The molecule has 2 N–H and O–H groups in total. The summed E-state index contributed by atoms with van der Waals surface area (Å²) in [4.78, 5) is 17.2. The van der Waals surface area contributed by atoms with Crippen molar-refractivity contribution < 1.29 is 4.79 Å². The molecule has 18 heavy (non-hydrogen) atoms. The van der Waals surface area contributed by atoms with Crippen LogP contribution < -0.4 is 5.73 Å². The topological polar surface area (TPSA) is 49.6 Å². The van der Waals surface area contributed by atoms with Gasteiger partial charge in [0.25, 0.3) is 0 Å². The molecule has 4 nitrogen and oxygen atoms in total. The van der Waals surface area contributed by atoms with Gasteiger partial charge >= 0.3 is 0 Å². The monoisotopic (exact) mass is 271 g/mol. The number of nitrogens with two attached hydrogens (primary N) is 1. The van der Waals surface area contributed by atoms with Crippen molar-refractivity contribution in [3.05, 3.63) is 0 Å². The summed E-state index contributed by atoms with van der Waals surface area (Å²) in [6, 6.07) is 0.286. The summed E-state index contributed by atoms with van der Waals surface area (Å²) >= 11 is 5.01. The molecule has 104 valence electrons. The minimum Gasteiger partial charge on any atom is -0.393 e. The van der Waals surface area contributed by atoms with Crippen molar-refractivity contribution in [2.45, 2.75) is 39.2 Å². The largest absolute Gasteiger partial charge is 0.393 e. The molecule has 0 saturated carbocycles. The van der Waals surface area contributed by atoms with E-state index in [1.807, 2.05) is 11.8 Å². The first-order chi connectivity index (χ1) is 8.51. The summed E-state index contributed by atoms with van der Waals surface area (Å²) in [7, 11) is 2.11. The zero-order valence-corrected chi connectivity index (χ0v) is 12.5. The number of carbonyl (C=O) groups is 1. The quantitative estimate of drug-likeness (QED) is 0.782. The fourth-order valence-electron chi connectivity index (χ4n) is 2.58. The third-order valence-corrected chi connectivity index (χ3v) is 3.99. The highest BCUT2D eigenvalue weighted by molar-refractivity contribution is 7.80. The molecule has 5 heteroatoms. The number of hydrogen-bond donors (Lipinski definition) is 1. The molecule has 1 heterocycles. The third kappa shape index (κ3) is 3.65. The fourth-order valence-corrected chi connectivity index (χ4v) is 2.85. The Morgan fingerprint density at radius 2 is 2.11 bits per heavy atom. The van der Waals surface area contributed by atoms with Gasteiger partial charge in [-0.05, 0) is 32.9 Å². The van der Waals surface area contributed by atoms with Crippen molar-refractivity contribution in [2.24, 2.45) is 11.7 Å². The summed E-state index contributed by atoms with van der Waals surface area (Å²) in [5.41, 5.74) is 5.68. The van der Waals surface area contributed by atoms with Crippen molar-refractivity contribution in [3.63, 3.8) is 0 Å². The van der Waals surface area contributed by atoms with E-state index in [0.717, 1.165) is 32.5 Å². The molecule has 1 rings (SSSR count). The van der Waals surface area contributed by atoms with Crippen LogP contribution in [0, 0.1) is 5.92 Å². The number of likely N-dealkylation sites (N-methyl/N-ethyl adjacent to an activating group) is 1. The second-order valence-electron chi connectivity index (χ2n) is 5.07. The van der Waals surface area contributed by atoms with Crippen LogP contribution in [0.15, 0.2) is 0 Å². The van der Waals surface area contributed by atoms with Gasteiger partial charge in [-0.25, -0.2) is 0 Å². The lowest BCUT2D eigenvalue weighted by molar-refractivity contribution is -0.135. The molecular formula is C13H25N3OS. The smallest absolute Gasteiger partial charge is 0.232 e. The van der Waals surface area contributed by atoms with E-state index in [0.29, 0.717) is 11.4 Å².